The highest BCUT2D eigenvalue weighted by Gasteiger charge is 2.44. The van der Waals surface area contributed by atoms with Crippen LogP contribution in [0.3, 0.4) is 0 Å². The van der Waals surface area contributed by atoms with Gasteiger partial charge in [0, 0.05) is 19.2 Å². The zero-order valence-electron chi connectivity index (χ0n) is 15.5. The summed E-state index contributed by atoms with van der Waals surface area (Å²) in [6.07, 6.45) is 1.75. The predicted molar refractivity (Wildman–Crippen MR) is 104 cm³/mol. The molecule has 2 aromatic carbocycles. The molecule has 0 bridgehead atoms. The van der Waals surface area contributed by atoms with Crippen LogP contribution in [0.25, 0.3) is 0 Å². The number of carbonyl (C=O) groups is 2. The summed E-state index contributed by atoms with van der Waals surface area (Å²) in [5, 5.41) is 9.35. The summed E-state index contributed by atoms with van der Waals surface area (Å²) in [6, 6.07) is 17.2. The van der Waals surface area contributed by atoms with Crippen molar-refractivity contribution in [2.75, 3.05) is 23.4 Å². The summed E-state index contributed by atoms with van der Waals surface area (Å²) in [6.45, 7) is 2.18. The SMILES string of the molecule is CC1CN(C(=O)c2ccc(C3(C#N)CC3)cc2)c2ccccc2N(C)C1=O. The molecule has 4 rings (SSSR count). The van der Waals surface area contributed by atoms with Crippen molar-refractivity contribution in [1.29, 1.82) is 5.26 Å². The first kappa shape index (κ1) is 17.3. The van der Waals surface area contributed by atoms with Gasteiger partial charge in [-0.2, -0.15) is 5.26 Å². The first-order valence-electron chi connectivity index (χ1n) is 9.17. The molecule has 0 saturated heterocycles. The molecule has 136 valence electrons. The van der Waals surface area contributed by atoms with Gasteiger partial charge in [0.05, 0.1) is 28.8 Å². The Hall–Kier alpha value is -3.13. The van der Waals surface area contributed by atoms with Crippen molar-refractivity contribution in [1.82, 2.24) is 0 Å². The van der Waals surface area contributed by atoms with Crippen LogP contribution in [0.15, 0.2) is 48.5 Å². The third-order valence-corrected chi connectivity index (χ3v) is 5.64. The topological polar surface area (TPSA) is 64.4 Å². The summed E-state index contributed by atoms with van der Waals surface area (Å²) in [7, 11) is 1.75. The minimum absolute atomic E-state index is 0.00204. The average Bonchev–Trinajstić information content (AvgIpc) is 3.52. The highest BCUT2D eigenvalue weighted by atomic mass is 16.2. The predicted octanol–water partition coefficient (Wildman–Crippen LogP) is 3.50. The number of anilines is 2. The molecule has 0 spiro atoms. The summed E-state index contributed by atoms with van der Waals surface area (Å²) >= 11 is 0. The van der Waals surface area contributed by atoms with E-state index in [4.69, 9.17) is 0 Å². The van der Waals surface area contributed by atoms with Crippen LogP contribution in [0.1, 0.15) is 35.7 Å². The maximum atomic E-state index is 13.3. The van der Waals surface area contributed by atoms with Crippen molar-refractivity contribution in [3.8, 4) is 6.07 Å². The third-order valence-electron chi connectivity index (χ3n) is 5.64. The summed E-state index contributed by atoms with van der Waals surface area (Å²) in [5.41, 5.74) is 2.65. The second-order valence-corrected chi connectivity index (χ2v) is 7.47. The van der Waals surface area contributed by atoms with Crippen LogP contribution in [-0.2, 0) is 10.2 Å². The van der Waals surface area contributed by atoms with Gasteiger partial charge in [-0.1, -0.05) is 31.2 Å². The van der Waals surface area contributed by atoms with E-state index in [9.17, 15) is 14.9 Å². The van der Waals surface area contributed by atoms with E-state index in [0.29, 0.717) is 12.1 Å². The van der Waals surface area contributed by atoms with Crippen molar-refractivity contribution < 1.29 is 9.59 Å². The molecule has 27 heavy (non-hydrogen) atoms. The number of nitrogens with zero attached hydrogens (tertiary/aromatic N) is 3. The molecule has 1 atom stereocenters. The largest absolute Gasteiger partial charge is 0.313 e. The maximum Gasteiger partial charge on any atom is 0.258 e. The van der Waals surface area contributed by atoms with E-state index in [1.54, 1.807) is 29.0 Å². The number of fused-ring (bicyclic) bond motifs is 1. The number of rotatable bonds is 2. The normalized spacial score (nSPS) is 20.5. The van der Waals surface area contributed by atoms with Crippen LogP contribution < -0.4 is 9.80 Å². The molecule has 0 N–H and O–H groups in total. The summed E-state index contributed by atoms with van der Waals surface area (Å²) in [4.78, 5) is 29.1. The van der Waals surface area contributed by atoms with Gasteiger partial charge in [0.2, 0.25) is 5.91 Å². The van der Waals surface area contributed by atoms with Crippen molar-refractivity contribution in [2.45, 2.75) is 25.2 Å². The lowest BCUT2D eigenvalue weighted by Crippen LogP contribution is -2.37. The zero-order chi connectivity index (χ0) is 19.2. The number of amides is 2. The first-order chi connectivity index (χ1) is 13.0. The van der Waals surface area contributed by atoms with Crippen LogP contribution in [0.4, 0.5) is 11.4 Å². The van der Waals surface area contributed by atoms with Crippen LogP contribution in [0, 0.1) is 17.2 Å². The van der Waals surface area contributed by atoms with Gasteiger partial charge in [0.15, 0.2) is 0 Å². The minimum Gasteiger partial charge on any atom is -0.313 e. The number of carbonyl (C=O) groups excluding carboxylic acids is 2. The Labute approximate surface area is 158 Å². The second-order valence-electron chi connectivity index (χ2n) is 7.47. The van der Waals surface area contributed by atoms with Crippen LogP contribution in [0.5, 0.6) is 0 Å². The molecule has 1 aliphatic carbocycles. The lowest BCUT2D eigenvalue weighted by atomic mass is 9.96. The zero-order valence-corrected chi connectivity index (χ0v) is 15.5. The lowest BCUT2D eigenvalue weighted by Gasteiger charge is -2.24. The number of para-hydroxylation sites is 2. The standard InChI is InChI=1S/C22H21N3O2/c1-15-13-25(19-6-4-3-5-18(19)24(2)20(15)26)21(27)16-7-9-17(10-8-16)22(14-23)11-12-22/h3-10,15H,11-13H2,1-2H3. The molecule has 2 aliphatic rings. The Kier molecular flexibility index (Phi) is 4.00. The maximum absolute atomic E-state index is 13.3. The van der Waals surface area contributed by atoms with Gasteiger partial charge in [-0.3, -0.25) is 9.59 Å². The molecule has 1 fully saturated rings. The van der Waals surface area contributed by atoms with Gasteiger partial charge in [-0.15, -0.1) is 0 Å². The molecule has 0 aromatic heterocycles. The first-order valence-corrected chi connectivity index (χ1v) is 9.17. The Morgan fingerprint density at radius 2 is 1.74 bits per heavy atom. The lowest BCUT2D eigenvalue weighted by molar-refractivity contribution is -0.121. The molecule has 2 amide bonds. The molecular weight excluding hydrogens is 338 g/mol. The molecule has 5 heteroatoms. The molecule has 1 aliphatic heterocycles. The highest BCUT2D eigenvalue weighted by Crippen LogP contribution is 2.47. The highest BCUT2D eigenvalue weighted by molar-refractivity contribution is 6.11. The molecular formula is C22H21N3O2. The van der Waals surface area contributed by atoms with Gasteiger partial charge >= 0.3 is 0 Å². The van der Waals surface area contributed by atoms with E-state index in [2.05, 4.69) is 6.07 Å². The monoisotopic (exact) mass is 359 g/mol. The number of hydrogen-bond acceptors (Lipinski definition) is 3. The smallest absolute Gasteiger partial charge is 0.258 e. The van der Waals surface area contributed by atoms with Gasteiger partial charge in [-0.25, -0.2) is 0 Å². The van der Waals surface area contributed by atoms with Crippen molar-refractivity contribution in [3.05, 3.63) is 59.7 Å². The fourth-order valence-corrected chi connectivity index (χ4v) is 3.75. The number of nitriles is 1. The Balaban J connectivity index is 1.69. The van der Waals surface area contributed by atoms with Crippen LogP contribution >= 0.6 is 0 Å². The van der Waals surface area contributed by atoms with Gasteiger partial charge in [-0.05, 0) is 42.7 Å². The van der Waals surface area contributed by atoms with Crippen LogP contribution in [0.2, 0.25) is 0 Å². The molecule has 0 radical (unpaired) electrons. The summed E-state index contributed by atoms with van der Waals surface area (Å²) < 4.78 is 0. The van der Waals surface area contributed by atoms with Gasteiger partial charge < -0.3 is 9.80 Å². The average molecular weight is 359 g/mol. The molecule has 2 aromatic rings. The fraction of sp³-hybridized carbons (Fsp3) is 0.318. The van der Waals surface area contributed by atoms with E-state index in [1.807, 2.05) is 43.3 Å². The van der Waals surface area contributed by atoms with Gasteiger partial charge in [0.1, 0.15) is 0 Å². The molecule has 1 heterocycles. The van der Waals surface area contributed by atoms with Crippen molar-refractivity contribution in [2.24, 2.45) is 5.92 Å². The third kappa shape index (κ3) is 2.78. The van der Waals surface area contributed by atoms with Crippen molar-refractivity contribution in [3.63, 3.8) is 0 Å². The van der Waals surface area contributed by atoms with Crippen LogP contribution in [-0.4, -0.2) is 25.4 Å². The number of benzene rings is 2. The van der Waals surface area contributed by atoms with E-state index in [1.165, 1.54) is 0 Å². The Morgan fingerprint density at radius 3 is 2.33 bits per heavy atom. The molecule has 5 nitrogen and oxygen atoms in total. The minimum atomic E-state index is -0.361. The Morgan fingerprint density at radius 1 is 1.11 bits per heavy atom. The number of hydrogen-bond donors (Lipinski definition) is 0. The fourth-order valence-electron chi connectivity index (χ4n) is 3.75. The Bertz CT molecular complexity index is 954. The van der Waals surface area contributed by atoms with E-state index < -0.39 is 0 Å². The van der Waals surface area contributed by atoms with Gasteiger partial charge in [0.25, 0.3) is 5.91 Å². The molecule has 1 saturated carbocycles. The quantitative estimate of drug-likeness (QED) is 0.824. The molecule has 1 unspecified atom stereocenters. The second kappa shape index (κ2) is 6.24. The van der Waals surface area contributed by atoms with E-state index in [-0.39, 0.29) is 23.1 Å². The van der Waals surface area contributed by atoms with E-state index in [0.717, 1.165) is 29.8 Å². The van der Waals surface area contributed by atoms with E-state index >= 15 is 0 Å². The van der Waals surface area contributed by atoms with Crippen molar-refractivity contribution >= 4 is 23.2 Å². The summed E-state index contributed by atoms with van der Waals surface area (Å²) in [5.74, 6) is -0.428.